The van der Waals surface area contributed by atoms with E-state index in [9.17, 15) is 9.90 Å². The lowest BCUT2D eigenvalue weighted by Gasteiger charge is -2.33. The lowest BCUT2D eigenvalue weighted by molar-refractivity contribution is -0.143. The Kier molecular flexibility index (Phi) is 0.812. The molecule has 0 radical (unpaired) electrons. The molecule has 6 rings (SSSR count). The predicted octanol–water partition coefficient (Wildman–Crippen LogP) is 1.47. The van der Waals surface area contributed by atoms with E-state index in [2.05, 4.69) is 0 Å². The van der Waals surface area contributed by atoms with Gasteiger partial charge in [0.1, 0.15) is 0 Å². The van der Waals surface area contributed by atoms with E-state index in [0.29, 0.717) is 11.8 Å². The van der Waals surface area contributed by atoms with E-state index in [4.69, 9.17) is 0 Å². The minimum atomic E-state index is -0.469. The van der Waals surface area contributed by atoms with Crippen molar-refractivity contribution >= 4 is 5.97 Å². The van der Waals surface area contributed by atoms with Crippen molar-refractivity contribution < 1.29 is 9.90 Å². The largest absolute Gasteiger partial charge is 0.481 e. The van der Waals surface area contributed by atoms with Gasteiger partial charge in [-0.1, -0.05) is 0 Å². The highest BCUT2D eigenvalue weighted by Gasteiger charge is 2.81. The summed E-state index contributed by atoms with van der Waals surface area (Å²) in [4.78, 5) is 11.3. The van der Waals surface area contributed by atoms with Crippen LogP contribution in [0, 0.1) is 53.3 Å². The molecule has 6 saturated carbocycles. The van der Waals surface area contributed by atoms with Crippen LogP contribution in [0.25, 0.3) is 0 Å². The third-order valence-corrected chi connectivity index (χ3v) is 6.61. The highest BCUT2D eigenvalue weighted by molar-refractivity contribution is 5.73. The molecule has 14 heavy (non-hydrogen) atoms. The molecule has 6 aliphatic carbocycles. The molecule has 0 aromatic heterocycles. The fourth-order valence-electron chi connectivity index (χ4n) is 6.95. The van der Waals surface area contributed by atoms with Crippen LogP contribution in [-0.4, -0.2) is 11.1 Å². The smallest absolute Gasteiger partial charge is 0.307 e. The zero-order valence-electron chi connectivity index (χ0n) is 7.97. The molecule has 0 aromatic rings. The summed E-state index contributed by atoms with van der Waals surface area (Å²) in [5.41, 5.74) is 0. The Morgan fingerprint density at radius 3 is 1.79 bits per heavy atom. The van der Waals surface area contributed by atoms with Crippen LogP contribution in [0.3, 0.4) is 0 Å². The minimum absolute atomic E-state index is 0.0810. The van der Waals surface area contributed by atoms with E-state index >= 15 is 0 Å². The minimum Gasteiger partial charge on any atom is -0.481 e. The maximum atomic E-state index is 11.3. The van der Waals surface area contributed by atoms with Crippen LogP contribution in [0.1, 0.15) is 12.8 Å². The van der Waals surface area contributed by atoms with Crippen LogP contribution >= 0.6 is 0 Å². The van der Waals surface area contributed by atoms with Crippen molar-refractivity contribution in [2.45, 2.75) is 12.8 Å². The van der Waals surface area contributed by atoms with Gasteiger partial charge >= 0.3 is 5.97 Å². The molecular formula is C12H14O2. The fraction of sp³-hybridized carbons (Fsp3) is 0.917. The average molecular weight is 190 g/mol. The van der Waals surface area contributed by atoms with Crippen molar-refractivity contribution in [1.82, 2.24) is 0 Å². The lowest BCUT2D eigenvalue weighted by atomic mass is 9.71. The van der Waals surface area contributed by atoms with Gasteiger partial charge in [0, 0.05) is 0 Å². The lowest BCUT2D eigenvalue weighted by Crippen LogP contribution is -2.30. The van der Waals surface area contributed by atoms with Crippen molar-refractivity contribution in [3.63, 3.8) is 0 Å². The quantitative estimate of drug-likeness (QED) is 0.679. The van der Waals surface area contributed by atoms with Gasteiger partial charge in [-0.05, 0) is 60.2 Å². The van der Waals surface area contributed by atoms with Crippen LogP contribution in [0.5, 0.6) is 0 Å². The van der Waals surface area contributed by atoms with E-state index in [1.165, 1.54) is 12.8 Å². The van der Waals surface area contributed by atoms with Crippen LogP contribution < -0.4 is 0 Å². The first kappa shape index (κ1) is 6.86. The molecule has 0 amide bonds. The Balaban J connectivity index is 1.77. The van der Waals surface area contributed by atoms with Crippen molar-refractivity contribution in [2.75, 3.05) is 0 Å². The molecule has 6 bridgehead atoms. The van der Waals surface area contributed by atoms with E-state index in [-0.39, 0.29) is 5.92 Å². The predicted molar refractivity (Wildman–Crippen MR) is 48.3 cm³/mol. The van der Waals surface area contributed by atoms with Gasteiger partial charge in [-0.2, -0.15) is 0 Å². The first-order chi connectivity index (χ1) is 6.79. The summed E-state index contributed by atoms with van der Waals surface area (Å²) < 4.78 is 0. The van der Waals surface area contributed by atoms with Crippen molar-refractivity contribution in [1.29, 1.82) is 0 Å². The monoisotopic (exact) mass is 190 g/mol. The molecule has 0 saturated heterocycles. The molecule has 1 N–H and O–H groups in total. The highest BCUT2D eigenvalue weighted by Crippen LogP contribution is 2.84. The van der Waals surface area contributed by atoms with E-state index in [0.717, 1.165) is 35.5 Å². The van der Waals surface area contributed by atoms with Gasteiger partial charge in [0.25, 0.3) is 0 Å². The van der Waals surface area contributed by atoms with Gasteiger partial charge in [-0.25, -0.2) is 0 Å². The molecule has 0 aromatic carbocycles. The number of aliphatic carboxylic acids is 1. The van der Waals surface area contributed by atoms with Gasteiger partial charge in [-0.15, -0.1) is 0 Å². The number of carboxylic acid groups (broad SMARTS) is 1. The Bertz CT molecular complexity index is 335. The van der Waals surface area contributed by atoms with Gasteiger partial charge in [0.05, 0.1) is 5.92 Å². The number of hydrogen-bond donors (Lipinski definition) is 1. The summed E-state index contributed by atoms with van der Waals surface area (Å²) in [5.74, 6) is 6.22. The molecule has 0 spiro atoms. The molecule has 2 heteroatoms. The van der Waals surface area contributed by atoms with Crippen LogP contribution in [0.4, 0.5) is 0 Å². The molecule has 0 unspecified atom stereocenters. The third kappa shape index (κ3) is 0.409. The van der Waals surface area contributed by atoms with Gasteiger partial charge < -0.3 is 5.11 Å². The van der Waals surface area contributed by atoms with E-state index < -0.39 is 5.97 Å². The number of rotatable bonds is 1. The second-order valence-electron chi connectivity index (χ2n) is 6.30. The van der Waals surface area contributed by atoms with Crippen molar-refractivity contribution in [3.8, 4) is 0 Å². The normalized spacial score (nSPS) is 74.4. The standard InChI is InChI=1S/C12H14O2/c13-12(14)11-9-5-1-3-4-2-6(7(3)9)10(11)8(4)5/h3-11H,1-2H2,(H,13,14)/t3-,4-,5-,6-,7-,8-,9-,10-/m1/s1. The molecule has 0 aliphatic heterocycles. The summed E-state index contributed by atoms with van der Waals surface area (Å²) in [7, 11) is 0. The second kappa shape index (κ2) is 1.66. The number of carbonyl (C=O) groups is 1. The maximum Gasteiger partial charge on any atom is 0.307 e. The van der Waals surface area contributed by atoms with Crippen LogP contribution in [-0.2, 0) is 4.79 Å². The van der Waals surface area contributed by atoms with E-state index in [1.54, 1.807) is 0 Å². The van der Waals surface area contributed by atoms with Gasteiger partial charge in [0.15, 0.2) is 0 Å². The first-order valence-corrected chi connectivity index (χ1v) is 6.02. The third-order valence-electron chi connectivity index (χ3n) is 6.61. The molecule has 2 nitrogen and oxygen atoms in total. The Hall–Kier alpha value is -0.530. The number of hydrogen-bond acceptors (Lipinski definition) is 1. The van der Waals surface area contributed by atoms with Crippen LogP contribution in [0.15, 0.2) is 0 Å². The zero-order valence-corrected chi connectivity index (χ0v) is 7.97. The molecular weight excluding hydrogens is 176 g/mol. The molecule has 74 valence electrons. The summed E-state index contributed by atoms with van der Waals surface area (Å²) in [5, 5.41) is 9.33. The van der Waals surface area contributed by atoms with Crippen molar-refractivity contribution in [2.24, 2.45) is 53.3 Å². The maximum absolute atomic E-state index is 11.3. The molecule has 6 aliphatic rings. The highest BCUT2D eigenvalue weighted by atomic mass is 16.4. The second-order valence-corrected chi connectivity index (χ2v) is 6.30. The van der Waals surface area contributed by atoms with Crippen molar-refractivity contribution in [3.05, 3.63) is 0 Å². The molecule has 8 atom stereocenters. The van der Waals surface area contributed by atoms with Gasteiger partial charge in [-0.3, -0.25) is 4.79 Å². The summed E-state index contributed by atoms with van der Waals surface area (Å²) in [6.07, 6.45) is 2.81. The molecule has 0 heterocycles. The molecule has 6 fully saturated rings. The summed E-state index contributed by atoms with van der Waals surface area (Å²) in [6, 6.07) is 0. The summed E-state index contributed by atoms with van der Waals surface area (Å²) in [6.45, 7) is 0. The average Bonchev–Trinajstić information content (AvgIpc) is 2.76. The Morgan fingerprint density at radius 2 is 1.36 bits per heavy atom. The fourth-order valence-corrected chi connectivity index (χ4v) is 6.95. The number of carboxylic acids is 1. The zero-order chi connectivity index (χ0) is 9.19. The van der Waals surface area contributed by atoms with Gasteiger partial charge in [0.2, 0.25) is 0 Å². The topological polar surface area (TPSA) is 37.3 Å². The summed E-state index contributed by atoms with van der Waals surface area (Å²) >= 11 is 0. The Morgan fingerprint density at radius 1 is 0.857 bits per heavy atom. The first-order valence-electron chi connectivity index (χ1n) is 6.02. The Labute approximate surface area is 82.7 Å². The van der Waals surface area contributed by atoms with E-state index in [1.807, 2.05) is 0 Å². The SMILES string of the molecule is O=C(O)C1[C@@H]2[C@@H]3C[C@@H]4[C@H]5C[C@@H]([C@@H]1[C@H]53)[C@@H]42. The van der Waals surface area contributed by atoms with Crippen LogP contribution in [0.2, 0.25) is 0 Å².